The van der Waals surface area contributed by atoms with Crippen LogP contribution in [0.5, 0.6) is 0 Å². The Kier molecular flexibility index (Phi) is 5.04. The third-order valence-electron chi connectivity index (χ3n) is 4.44. The van der Waals surface area contributed by atoms with Crippen LogP contribution in [0.15, 0.2) is 42.5 Å². The van der Waals surface area contributed by atoms with Crippen LogP contribution in [0, 0.1) is 13.8 Å². The molecule has 2 aromatic rings. The number of hydrogen-bond acceptors (Lipinski definition) is 3. The van der Waals surface area contributed by atoms with Gasteiger partial charge in [0.25, 0.3) is 0 Å². The maximum Gasteiger partial charge on any atom is 0.243 e. The number of amides is 1. The standard InChI is InChI=1S/C20H25N3O/c1-15-5-10-19(16(2)13-15)21-14-20(24)22-17-6-8-18(9-7-17)23-11-3-4-12-23/h5-10,13,21H,3-4,11-12,14H2,1-2H3,(H,22,24). The molecule has 0 spiro atoms. The molecule has 126 valence electrons. The van der Waals surface area contributed by atoms with Gasteiger partial charge in [-0.05, 0) is 62.6 Å². The largest absolute Gasteiger partial charge is 0.376 e. The van der Waals surface area contributed by atoms with E-state index in [0.29, 0.717) is 0 Å². The molecule has 1 fully saturated rings. The summed E-state index contributed by atoms with van der Waals surface area (Å²) in [6.45, 7) is 6.63. The van der Waals surface area contributed by atoms with E-state index >= 15 is 0 Å². The maximum atomic E-state index is 12.1. The third kappa shape index (κ3) is 4.07. The quantitative estimate of drug-likeness (QED) is 0.875. The molecule has 2 aromatic carbocycles. The molecular weight excluding hydrogens is 298 g/mol. The average Bonchev–Trinajstić information content (AvgIpc) is 3.09. The molecule has 1 aliphatic heterocycles. The van der Waals surface area contributed by atoms with E-state index in [1.807, 2.05) is 31.2 Å². The highest BCUT2D eigenvalue weighted by atomic mass is 16.1. The predicted molar refractivity (Wildman–Crippen MR) is 101 cm³/mol. The first kappa shape index (κ1) is 16.4. The van der Waals surface area contributed by atoms with Crippen molar-refractivity contribution in [3.63, 3.8) is 0 Å². The molecule has 4 nitrogen and oxygen atoms in total. The third-order valence-corrected chi connectivity index (χ3v) is 4.44. The fourth-order valence-electron chi connectivity index (χ4n) is 3.12. The fraction of sp³-hybridized carbons (Fsp3) is 0.350. The molecule has 1 aliphatic rings. The second-order valence-electron chi connectivity index (χ2n) is 6.46. The first-order chi connectivity index (χ1) is 11.6. The van der Waals surface area contributed by atoms with Crippen LogP contribution < -0.4 is 15.5 Å². The molecule has 0 saturated carbocycles. The summed E-state index contributed by atoms with van der Waals surface area (Å²) in [5.74, 6) is -0.0381. The number of rotatable bonds is 5. The van der Waals surface area contributed by atoms with Gasteiger partial charge in [-0.2, -0.15) is 0 Å². The summed E-state index contributed by atoms with van der Waals surface area (Å²) >= 11 is 0. The average molecular weight is 323 g/mol. The van der Waals surface area contributed by atoms with E-state index in [-0.39, 0.29) is 12.5 Å². The second kappa shape index (κ2) is 7.39. The first-order valence-electron chi connectivity index (χ1n) is 8.58. The fourth-order valence-corrected chi connectivity index (χ4v) is 3.12. The molecule has 0 radical (unpaired) electrons. The van der Waals surface area contributed by atoms with Gasteiger partial charge in [0.05, 0.1) is 6.54 Å². The van der Waals surface area contributed by atoms with Gasteiger partial charge in [0.1, 0.15) is 0 Å². The Hall–Kier alpha value is -2.49. The molecule has 1 saturated heterocycles. The first-order valence-corrected chi connectivity index (χ1v) is 8.58. The van der Waals surface area contributed by atoms with Gasteiger partial charge >= 0.3 is 0 Å². The summed E-state index contributed by atoms with van der Waals surface area (Å²) in [6, 6.07) is 14.3. The molecule has 0 aromatic heterocycles. The minimum Gasteiger partial charge on any atom is -0.376 e. The lowest BCUT2D eigenvalue weighted by Crippen LogP contribution is -2.22. The van der Waals surface area contributed by atoms with Crippen LogP contribution in [0.3, 0.4) is 0 Å². The van der Waals surface area contributed by atoms with Gasteiger partial charge in [-0.15, -0.1) is 0 Å². The van der Waals surface area contributed by atoms with Crippen LogP contribution in [-0.4, -0.2) is 25.5 Å². The number of hydrogen-bond donors (Lipinski definition) is 2. The summed E-state index contributed by atoms with van der Waals surface area (Å²) in [4.78, 5) is 14.5. The molecule has 1 amide bonds. The van der Waals surface area contributed by atoms with Crippen molar-refractivity contribution in [1.29, 1.82) is 0 Å². The van der Waals surface area contributed by atoms with Crippen LogP contribution in [0.4, 0.5) is 17.1 Å². The van der Waals surface area contributed by atoms with Crippen molar-refractivity contribution in [3.05, 3.63) is 53.6 Å². The number of nitrogens with one attached hydrogen (secondary N) is 2. The summed E-state index contributed by atoms with van der Waals surface area (Å²) in [5.41, 5.74) is 5.45. The zero-order valence-corrected chi connectivity index (χ0v) is 14.4. The predicted octanol–water partition coefficient (Wildman–Crippen LogP) is 3.95. The Morgan fingerprint density at radius 2 is 1.75 bits per heavy atom. The second-order valence-corrected chi connectivity index (χ2v) is 6.46. The zero-order chi connectivity index (χ0) is 16.9. The zero-order valence-electron chi connectivity index (χ0n) is 14.4. The van der Waals surface area contributed by atoms with Crippen LogP contribution in [0.25, 0.3) is 0 Å². The molecule has 0 bridgehead atoms. The highest BCUT2D eigenvalue weighted by Gasteiger charge is 2.12. The minimum atomic E-state index is -0.0381. The SMILES string of the molecule is Cc1ccc(NCC(=O)Nc2ccc(N3CCCC3)cc2)c(C)c1. The molecular formula is C20H25N3O. The lowest BCUT2D eigenvalue weighted by atomic mass is 10.1. The molecule has 0 aliphatic carbocycles. The van der Waals surface area contributed by atoms with Crippen LogP contribution in [0.1, 0.15) is 24.0 Å². The van der Waals surface area contributed by atoms with Crippen molar-refractivity contribution in [1.82, 2.24) is 0 Å². The number of nitrogens with zero attached hydrogens (tertiary/aromatic N) is 1. The van der Waals surface area contributed by atoms with Gasteiger partial charge < -0.3 is 15.5 Å². The number of anilines is 3. The molecule has 3 rings (SSSR count). The van der Waals surface area contributed by atoms with Crippen LogP contribution in [0.2, 0.25) is 0 Å². The van der Waals surface area contributed by atoms with Crippen LogP contribution >= 0.6 is 0 Å². The van der Waals surface area contributed by atoms with E-state index in [0.717, 1.165) is 30.0 Å². The van der Waals surface area contributed by atoms with Gasteiger partial charge in [0, 0.05) is 30.2 Å². The Labute approximate surface area is 143 Å². The molecule has 2 N–H and O–H groups in total. The van der Waals surface area contributed by atoms with Crippen molar-refractivity contribution in [2.24, 2.45) is 0 Å². The lowest BCUT2D eigenvalue weighted by molar-refractivity contribution is -0.114. The van der Waals surface area contributed by atoms with E-state index in [2.05, 4.69) is 40.7 Å². The van der Waals surface area contributed by atoms with E-state index in [9.17, 15) is 4.79 Å². The smallest absolute Gasteiger partial charge is 0.243 e. The van der Waals surface area contributed by atoms with E-state index in [4.69, 9.17) is 0 Å². The van der Waals surface area contributed by atoms with Gasteiger partial charge in [-0.3, -0.25) is 4.79 Å². The summed E-state index contributed by atoms with van der Waals surface area (Å²) in [5, 5.41) is 6.14. The van der Waals surface area contributed by atoms with E-state index < -0.39 is 0 Å². The Morgan fingerprint density at radius 3 is 2.42 bits per heavy atom. The van der Waals surface area contributed by atoms with Crippen molar-refractivity contribution in [2.45, 2.75) is 26.7 Å². The summed E-state index contributed by atoms with van der Waals surface area (Å²) < 4.78 is 0. The number of carbonyl (C=O) groups is 1. The van der Waals surface area contributed by atoms with Crippen molar-refractivity contribution < 1.29 is 4.79 Å². The number of aryl methyl sites for hydroxylation is 2. The Balaban J connectivity index is 1.52. The van der Waals surface area contributed by atoms with Crippen molar-refractivity contribution >= 4 is 23.0 Å². The summed E-state index contributed by atoms with van der Waals surface area (Å²) in [7, 11) is 0. The maximum absolute atomic E-state index is 12.1. The molecule has 4 heteroatoms. The van der Waals surface area contributed by atoms with Gasteiger partial charge in [-0.1, -0.05) is 17.7 Å². The van der Waals surface area contributed by atoms with E-state index in [1.165, 1.54) is 24.1 Å². The highest BCUT2D eigenvalue weighted by molar-refractivity contribution is 5.94. The minimum absolute atomic E-state index is 0.0381. The number of carbonyl (C=O) groups excluding carboxylic acids is 1. The van der Waals surface area contributed by atoms with Gasteiger partial charge in [0.15, 0.2) is 0 Å². The van der Waals surface area contributed by atoms with Crippen molar-refractivity contribution in [2.75, 3.05) is 35.2 Å². The van der Waals surface area contributed by atoms with Gasteiger partial charge in [0.2, 0.25) is 5.91 Å². The Morgan fingerprint density at radius 1 is 1.04 bits per heavy atom. The normalized spacial score (nSPS) is 13.8. The monoisotopic (exact) mass is 323 g/mol. The molecule has 24 heavy (non-hydrogen) atoms. The van der Waals surface area contributed by atoms with E-state index in [1.54, 1.807) is 0 Å². The lowest BCUT2D eigenvalue weighted by Gasteiger charge is -2.18. The van der Waals surface area contributed by atoms with Gasteiger partial charge in [-0.25, -0.2) is 0 Å². The number of benzene rings is 2. The van der Waals surface area contributed by atoms with Crippen molar-refractivity contribution in [3.8, 4) is 0 Å². The Bertz CT molecular complexity index is 703. The highest BCUT2D eigenvalue weighted by Crippen LogP contribution is 2.22. The summed E-state index contributed by atoms with van der Waals surface area (Å²) in [6.07, 6.45) is 2.53. The molecule has 0 unspecified atom stereocenters. The topological polar surface area (TPSA) is 44.4 Å². The van der Waals surface area contributed by atoms with Crippen LogP contribution in [-0.2, 0) is 4.79 Å². The molecule has 0 atom stereocenters. The molecule has 1 heterocycles.